The molecule has 0 bridgehead atoms. The van der Waals surface area contributed by atoms with E-state index in [1.807, 2.05) is 12.1 Å². The van der Waals surface area contributed by atoms with Crippen LogP contribution in [0.4, 0.5) is 8.78 Å². The molecular weight excluding hydrogens is 246 g/mol. The summed E-state index contributed by atoms with van der Waals surface area (Å²) in [5, 5.41) is 10.5. The summed E-state index contributed by atoms with van der Waals surface area (Å²) in [7, 11) is 0. The Morgan fingerprint density at radius 3 is 1.95 bits per heavy atom. The lowest BCUT2D eigenvalue weighted by atomic mass is 9.80. The van der Waals surface area contributed by atoms with E-state index in [0.717, 1.165) is 6.42 Å². The van der Waals surface area contributed by atoms with Gasteiger partial charge in [-0.2, -0.15) is 0 Å². The zero-order chi connectivity index (χ0) is 14.6. The molecule has 1 nitrogen and oxygen atoms in total. The van der Waals surface area contributed by atoms with E-state index in [2.05, 4.69) is 13.8 Å². The lowest BCUT2D eigenvalue weighted by Gasteiger charge is -2.32. The molecule has 0 aliphatic rings. The van der Waals surface area contributed by atoms with Gasteiger partial charge in [-0.3, -0.25) is 0 Å². The van der Waals surface area contributed by atoms with Gasteiger partial charge in [-0.15, -0.1) is 0 Å². The van der Waals surface area contributed by atoms with E-state index in [-0.39, 0.29) is 5.92 Å². The van der Waals surface area contributed by atoms with Crippen LogP contribution in [0.1, 0.15) is 45.2 Å². The minimum Gasteiger partial charge on any atom is -0.385 e. The molecule has 0 spiro atoms. The van der Waals surface area contributed by atoms with Crippen LogP contribution in [0.5, 0.6) is 0 Å². The molecule has 0 radical (unpaired) electrons. The molecular formula is C16H24F2O. The second kappa shape index (κ2) is 6.47. The minimum atomic E-state index is -2.51. The molecule has 0 aliphatic heterocycles. The smallest absolute Gasteiger partial charge is 0.241 e. The van der Waals surface area contributed by atoms with Gasteiger partial charge in [0.15, 0.2) is 0 Å². The average Bonchev–Trinajstić information content (AvgIpc) is 2.27. The molecule has 19 heavy (non-hydrogen) atoms. The van der Waals surface area contributed by atoms with Gasteiger partial charge in [0.1, 0.15) is 0 Å². The van der Waals surface area contributed by atoms with E-state index in [1.165, 1.54) is 5.56 Å². The largest absolute Gasteiger partial charge is 0.385 e. The van der Waals surface area contributed by atoms with Crippen molar-refractivity contribution in [2.24, 2.45) is 11.8 Å². The number of benzene rings is 1. The Morgan fingerprint density at radius 1 is 1.05 bits per heavy atom. The molecule has 108 valence electrons. The maximum absolute atomic E-state index is 12.7. The highest BCUT2D eigenvalue weighted by atomic mass is 19.3. The summed E-state index contributed by atoms with van der Waals surface area (Å²) >= 11 is 0. The van der Waals surface area contributed by atoms with E-state index < -0.39 is 18.4 Å². The quantitative estimate of drug-likeness (QED) is 0.813. The van der Waals surface area contributed by atoms with Crippen molar-refractivity contribution in [2.45, 2.75) is 52.6 Å². The molecule has 0 saturated carbocycles. The van der Waals surface area contributed by atoms with E-state index in [0.29, 0.717) is 11.5 Å². The molecule has 0 amide bonds. The molecule has 3 heteroatoms. The Morgan fingerprint density at radius 2 is 1.58 bits per heavy atom. The van der Waals surface area contributed by atoms with Crippen LogP contribution in [0.15, 0.2) is 24.3 Å². The van der Waals surface area contributed by atoms with E-state index in [1.54, 1.807) is 26.0 Å². The maximum Gasteiger partial charge on any atom is 0.241 e. The van der Waals surface area contributed by atoms with Crippen LogP contribution in [0.3, 0.4) is 0 Å². The zero-order valence-electron chi connectivity index (χ0n) is 12.2. The summed E-state index contributed by atoms with van der Waals surface area (Å²) in [5.74, 6) is 0.299. The number of hydrogen-bond acceptors (Lipinski definition) is 1. The molecule has 0 heterocycles. The van der Waals surface area contributed by atoms with Crippen LogP contribution in [0, 0.1) is 11.8 Å². The third-order valence-corrected chi connectivity index (χ3v) is 3.52. The van der Waals surface area contributed by atoms with Gasteiger partial charge in [0.05, 0.1) is 5.60 Å². The average molecular weight is 270 g/mol. The van der Waals surface area contributed by atoms with E-state index in [4.69, 9.17) is 0 Å². The topological polar surface area (TPSA) is 20.2 Å². The first-order valence-corrected chi connectivity index (χ1v) is 6.85. The van der Waals surface area contributed by atoms with Crippen molar-refractivity contribution in [3.8, 4) is 0 Å². The first-order valence-electron chi connectivity index (χ1n) is 6.85. The number of alkyl halides is 2. The lowest BCUT2D eigenvalue weighted by molar-refractivity contribution is -0.0606. The predicted molar refractivity (Wildman–Crippen MR) is 74.3 cm³/mol. The fraction of sp³-hybridized carbons (Fsp3) is 0.625. The molecule has 0 saturated heterocycles. The summed E-state index contributed by atoms with van der Waals surface area (Å²) in [6, 6.07) is 7.41. The Labute approximate surface area is 114 Å². The van der Waals surface area contributed by atoms with Crippen molar-refractivity contribution >= 4 is 0 Å². The first-order chi connectivity index (χ1) is 8.75. The van der Waals surface area contributed by atoms with Crippen molar-refractivity contribution in [3.63, 3.8) is 0 Å². The molecule has 0 aliphatic carbocycles. The number of hydrogen-bond donors (Lipinski definition) is 1. The Kier molecular flexibility index (Phi) is 5.48. The highest BCUT2D eigenvalue weighted by Crippen LogP contribution is 2.35. The van der Waals surface area contributed by atoms with Crippen LogP contribution in [-0.2, 0) is 12.0 Å². The van der Waals surface area contributed by atoms with Gasteiger partial charge in [-0.1, -0.05) is 52.0 Å². The van der Waals surface area contributed by atoms with Crippen LogP contribution in [0.2, 0.25) is 0 Å². The van der Waals surface area contributed by atoms with Crippen molar-refractivity contribution in [2.75, 3.05) is 0 Å². The van der Waals surface area contributed by atoms with Gasteiger partial charge in [0, 0.05) is 6.42 Å². The monoisotopic (exact) mass is 270 g/mol. The summed E-state index contributed by atoms with van der Waals surface area (Å²) in [6.45, 7) is 7.80. The minimum absolute atomic E-state index is 0.252. The maximum atomic E-state index is 12.7. The second-order valence-corrected chi connectivity index (χ2v) is 5.97. The Balaban J connectivity index is 2.98. The molecule has 1 aromatic rings. The van der Waals surface area contributed by atoms with Gasteiger partial charge < -0.3 is 5.11 Å². The fourth-order valence-corrected chi connectivity index (χ4v) is 2.32. The van der Waals surface area contributed by atoms with Crippen LogP contribution >= 0.6 is 0 Å². The molecule has 1 aromatic carbocycles. The Hall–Kier alpha value is -0.960. The molecule has 1 N–H and O–H groups in total. The van der Waals surface area contributed by atoms with Gasteiger partial charge in [-0.05, 0) is 29.4 Å². The van der Waals surface area contributed by atoms with Crippen molar-refractivity contribution in [1.29, 1.82) is 0 Å². The predicted octanol–water partition coefficient (Wildman–Crippen LogP) is 4.38. The van der Waals surface area contributed by atoms with Gasteiger partial charge in [0.25, 0.3) is 0 Å². The molecule has 1 rings (SSSR count). The fourth-order valence-electron chi connectivity index (χ4n) is 2.32. The van der Waals surface area contributed by atoms with Gasteiger partial charge in [-0.25, -0.2) is 8.78 Å². The summed E-state index contributed by atoms with van der Waals surface area (Å²) in [6.07, 6.45) is -2.08. The Bertz CT molecular complexity index is 384. The van der Waals surface area contributed by atoms with Crippen LogP contribution in [0.25, 0.3) is 0 Å². The number of halogens is 2. The highest BCUT2D eigenvalue weighted by Gasteiger charge is 2.36. The highest BCUT2D eigenvalue weighted by molar-refractivity contribution is 5.28. The lowest BCUT2D eigenvalue weighted by Crippen LogP contribution is -2.34. The van der Waals surface area contributed by atoms with Crippen LogP contribution < -0.4 is 0 Å². The van der Waals surface area contributed by atoms with E-state index in [9.17, 15) is 13.9 Å². The SMILES string of the molecule is CC(C)Cc1ccc(C(O)(CC(F)F)C(C)C)cc1. The van der Waals surface area contributed by atoms with Crippen molar-refractivity contribution in [1.82, 2.24) is 0 Å². The number of aliphatic hydroxyl groups is 1. The number of rotatable bonds is 6. The molecule has 1 atom stereocenters. The van der Waals surface area contributed by atoms with Crippen molar-refractivity contribution < 1.29 is 13.9 Å². The molecule has 1 unspecified atom stereocenters. The standard InChI is InChI=1S/C16H24F2O/c1-11(2)9-13-5-7-14(8-6-13)16(19,12(3)4)10-15(17)18/h5-8,11-12,15,19H,9-10H2,1-4H3. The normalized spacial score (nSPS) is 15.3. The summed E-state index contributed by atoms with van der Waals surface area (Å²) in [5.41, 5.74) is 0.294. The third-order valence-electron chi connectivity index (χ3n) is 3.52. The van der Waals surface area contributed by atoms with Crippen LogP contribution in [-0.4, -0.2) is 11.5 Å². The summed E-state index contributed by atoms with van der Waals surface area (Å²) < 4.78 is 25.3. The third kappa shape index (κ3) is 4.27. The van der Waals surface area contributed by atoms with Gasteiger partial charge in [0.2, 0.25) is 6.43 Å². The zero-order valence-corrected chi connectivity index (χ0v) is 12.2. The molecule has 0 aromatic heterocycles. The van der Waals surface area contributed by atoms with Crippen molar-refractivity contribution in [3.05, 3.63) is 35.4 Å². The second-order valence-electron chi connectivity index (χ2n) is 5.97. The van der Waals surface area contributed by atoms with E-state index >= 15 is 0 Å². The summed E-state index contributed by atoms with van der Waals surface area (Å²) in [4.78, 5) is 0. The molecule has 0 fully saturated rings. The first kappa shape index (κ1) is 16.1. The van der Waals surface area contributed by atoms with Gasteiger partial charge >= 0.3 is 0 Å².